The lowest BCUT2D eigenvalue weighted by molar-refractivity contribution is -0.141. The van der Waals surface area contributed by atoms with Crippen molar-refractivity contribution >= 4 is 5.91 Å². The van der Waals surface area contributed by atoms with Crippen LogP contribution >= 0.6 is 0 Å². The number of rotatable bonds is 6. The molecule has 0 aliphatic carbocycles. The van der Waals surface area contributed by atoms with Crippen molar-refractivity contribution < 1.29 is 22.7 Å². The summed E-state index contributed by atoms with van der Waals surface area (Å²) in [6.07, 6.45) is -0.103. The molecule has 3 aromatic rings. The van der Waals surface area contributed by atoms with Crippen LogP contribution in [0.1, 0.15) is 23.1 Å². The number of carbonyl (C=O) groups excluding carboxylic acids is 1. The van der Waals surface area contributed by atoms with E-state index in [1.54, 1.807) is 55.4 Å². The number of amides is 1. The summed E-state index contributed by atoms with van der Waals surface area (Å²) < 4.78 is 45.8. The molecule has 2 aromatic heterocycles. The SMILES string of the molecule is COc1ccc(C(NC(=O)Cn2ccc(C(F)(F)F)n2)c2nccn2C)cc1. The summed E-state index contributed by atoms with van der Waals surface area (Å²) in [5.74, 6) is 0.737. The predicted octanol–water partition coefficient (Wildman–Crippen LogP) is 2.55. The number of halogens is 3. The predicted molar refractivity (Wildman–Crippen MR) is 93.4 cm³/mol. The van der Waals surface area contributed by atoms with Gasteiger partial charge in [-0.05, 0) is 23.8 Å². The van der Waals surface area contributed by atoms with Crippen molar-refractivity contribution in [2.45, 2.75) is 18.8 Å². The Hall–Kier alpha value is -3.30. The second kappa shape index (κ2) is 7.75. The molecule has 0 spiro atoms. The van der Waals surface area contributed by atoms with Crippen LogP contribution in [0.25, 0.3) is 0 Å². The summed E-state index contributed by atoms with van der Waals surface area (Å²) in [6.45, 7) is -0.354. The van der Waals surface area contributed by atoms with E-state index in [4.69, 9.17) is 4.74 Å². The fraction of sp³-hybridized carbons (Fsp3) is 0.278. The summed E-state index contributed by atoms with van der Waals surface area (Å²) in [7, 11) is 3.33. The number of ether oxygens (including phenoxy) is 1. The number of imidazole rings is 1. The van der Waals surface area contributed by atoms with Gasteiger partial charge in [-0.2, -0.15) is 18.3 Å². The highest BCUT2D eigenvalue weighted by Gasteiger charge is 2.33. The molecule has 28 heavy (non-hydrogen) atoms. The minimum absolute atomic E-state index is 0.354. The third kappa shape index (κ3) is 4.33. The van der Waals surface area contributed by atoms with Crippen molar-refractivity contribution in [2.24, 2.45) is 7.05 Å². The topological polar surface area (TPSA) is 74.0 Å². The molecule has 0 aliphatic heterocycles. The molecular weight excluding hydrogens is 375 g/mol. The first-order valence-electron chi connectivity index (χ1n) is 8.29. The number of alkyl halides is 3. The van der Waals surface area contributed by atoms with Gasteiger partial charge < -0.3 is 14.6 Å². The lowest BCUT2D eigenvalue weighted by Crippen LogP contribution is -2.33. The third-order valence-electron chi connectivity index (χ3n) is 4.11. The zero-order valence-electron chi connectivity index (χ0n) is 15.1. The molecule has 1 amide bonds. The second-order valence-corrected chi connectivity index (χ2v) is 6.07. The van der Waals surface area contributed by atoms with Crippen LogP contribution in [0, 0.1) is 0 Å². The fourth-order valence-electron chi connectivity index (χ4n) is 2.70. The Morgan fingerprint density at radius 2 is 1.93 bits per heavy atom. The monoisotopic (exact) mass is 393 g/mol. The van der Waals surface area contributed by atoms with Crippen LogP contribution in [-0.4, -0.2) is 32.3 Å². The summed E-state index contributed by atoms with van der Waals surface area (Å²) >= 11 is 0. The first-order chi connectivity index (χ1) is 13.3. The van der Waals surface area contributed by atoms with Crippen molar-refractivity contribution in [1.29, 1.82) is 0 Å². The minimum Gasteiger partial charge on any atom is -0.497 e. The molecule has 0 fully saturated rings. The van der Waals surface area contributed by atoms with Crippen molar-refractivity contribution in [2.75, 3.05) is 7.11 Å². The number of nitrogens with one attached hydrogen (secondary N) is 1. The summed E-state index contributed by atoms with van der Waals surface area (Å²) in [4.78, 5) is 16.7. The maximum atomic E-state index is 12.7. The van der Waals surface area contributed by atoms with Crippen LogP contribution < -0.4 is 10.1 Å². The number of aryl methyl sites for hydroxylation is 1. The Bertz CT molecular complexity index is 947. The molecule has 1 N–H and O–H groups in total. The van der Waals surface area contributed by atoms with E-state index < -0.39 is 23.8 Å². The van der Waals surface area contributed by atoms with Crippen LogP contribution in [-0.2, 0) is 24.6 Å². The Labute approximate surface area is 158 Å². The van der Waals surface area contributed by atoms with Gasteiger partial charge in [0.25, 0.3) is 0 Å². The molecule has 7 nitrogen and oxygen atoms in total. The molecule has 0 bridgehead atoms. The quantitative estimate of drug-likeness (QED) is 0.699. The molecular formula is C18H18F3N5O2. The molecule has 0 radical (unpaired) electrons. The Kier molecular flexibility index (Phi) is 5.39. The third-order valence-corrected chi connectivity index (χ3v) is 4.11. The number of aromatic nitrogens is 4. The van der Waals surface area contributed by atoms with Gasteiger partial charge >= 0.3 is 6.18 Å². The smallest absolute Gasteiger partial charge is 0.435 e. The summed E-state index contributed by atoms with van der Waals surface area (Å²) in [6, 6.07) is 7.31. The van der Waals surface area contributed by atoms with Crippen molar-refractivity contribution in [3.8, 4) is 5.75 Å². The molecule has 0 aliphatic rings. The van der Waals surface area contributed by atoms with Crippen LogP contribution in [0.2, 0.25) is 0 Å². The summed E-state index contributed by atoms with van der Waals surface area (Å²) in [5.41, 5.74) is -0.295. The van der Waals surface area contributed by atoms with Crippen LogP contribution in [0.5, 0.6) is 5.75 Å². The van der Waals surface area contributed by atoms with Crippen LogP contribution in [0.15, 0.2) is 48.9 Å². The lowest BCUT2D eigenvalue weighted by Gasteiger charge is -2.19. The maximum Gasteiger partial charge on any atom is 0.435 e. The molecule has 1 aromatic carbocycles. The van der Waals surface area contributed by atoms with Crippen molar-refractivity contribution in [3.05, 3.63) is 66.0 Å². The molecule has 0 saturated carbocycles. The van der Waals surface area contributed by atoms with Gasteiger partial charge in [0.2, 0.25) is 5.91 Å². The average Bonchev–Trinajstić information content (AvgIpc) is 3.29. The van der Waals surface area contributed by atoms with Gasteiger partial charge in [0.1, 0.15) is 24.2 Å². The maximum absolute atomic E-state index is 12.7. The number of carbonyl (C=O) groups is 1. The number of benzene rings is 1. The Morgan fingerprint density at radius 1 is 1.21 bits per heavy atom. The molecule has 0 saturated heterocycles. The molecule has 148 valence electrons. The Balaban J connectivity index is 1.80. The van der Waals surface area contributed by atoms with E-state index in [1.807, 2.05) is 0 Å². The van der Waals surface area contributed by atoms with Gasteiger partial charge in [0.15, 0.2) is 5.69 Å². The zero-order valence-corrected chi connectivity index (χ0v) is 15.1. The standard InChI is InChI=1S/C18H18F3N5O2/c1-25-10-8-22-17(25)16(12-3-5-13(28-2)6-4-12)23-15(27)11-26-9-7-14(24-26)18(19,20)21/h3-10,16H,11H2,1-2H3,(H,23,27). The van der Waals surface area contributed by atoms with Gasteiger partial charge in [0, 0.05) is 25.6 Å². The molecule has 10 heteroatoms. The highest BCUT2D eigenvalue weighted by Crippen LogP contribution is 2.27. The second-order valence-electron chi connectivity index (χ2n) is 6.07. The van der Waals surface area contributed by atoms with E-state index in [-0.39, 0.29) is 6.54 Å². The van der Waals surface area contributed by atoms with Crippen molar-refractivity contribution in [1.82, 2.24) is 24.6 Å². The number of nitrogens with zero attached hydrogens (tertiary/aromatic N) is 4. The summed E-state index contributed by atoms with van der Waals surface area (Å²) in [5, 5.41) is 6.20. The number of methoxy groups -OCH3 is 1. The Morgan fingerprint density at radius 3 is 2.46 bits per heavy atom. The molecule has 3 rings (SSSR count). The van der Waals surface area contributed by atoms with E-state index in [2.05, 4.69) is 15.4 Å². The van der Waals surface area contributed by atoms with Crippen molar-refractivity contribution in [3.63, 3.8) is 0 Å². The highest BCUT2D eigenvalue weighted by molar-refractivity contribution is 5.76. The lowest BCUT2D eigenvalue weighted by atomic mass is 10.1. The first kappa shape index (κ1) is 19.5. The average molecular weight is 393 g/mol. The normalized spacial score (nSPS) is 12.6. The minimum atomic E-state index is -4.56. The molecule has 1 atom stereocenters. The van der Waals surface area contributed by atoms with Gasteiger partial charge in [-0.3, -0.25) is 9.48 Å². The molecule has 1 unspecified atom stereocenters. The highest BCUT2D eigenvalue weighted by atomic mass is 19.4. The van der Waals surface area contributed by atoms with E-state index in [9.17, 15) is 18.0 Å². The van der Waals surface area contributed by atoms with E-state index in [0.29, 0.717) is 11.6 Å². The number of hydrogen-bond acceptors (Lipinski definition) is 4. The van der Waals surface area contributed by atoms with Crippen LogP contribution in [0.4, 0.5) is 13.2 Å². The van der Waals surface area contributed by atoms with Gasteiger partial charge in [-0.1, -0.05) is 12.1 Å². The van der Waals surface area contributed by atoms with Gasteiger partial charge in [-0.25, -0.2) is 4.98 Å². The fourth-order valence-corrected chi connectivity index (χ4v) is 2.70. The molecule has 2 heterocycles. The number of hydrogen-bond donors (Lipinski definition) is 1. The van der Waals surface area contributed by atoms with E-state index >= 15 is 0 Å². The van der Waals surface area contributed by atoms with Gasteiger partial charge in [-0.15, -0.1) is 0 Å². The van der Waals surface area contributed by atoms with E-state index in [1.165, 1.54) is 0 Å². The van der Waals surface area contributed by atoms with Gasteiger partial charge in [0.05, 0.1) is 7.11 Å². The van der Waals surface area contributed by atoms with Crippen LogP contribution in [0.3, 0.4) is 0 Å². The largest absolute Gasteiger partial charge is 0.497 e. The zero-order chi connectivity index (χ0) is 20.3. The van der Waals surface area contributed by atoms with E-state index in [0.717, 1.165) is 22.5 Å². The first-order valence-corrected chi connectivity index (χ1v) is 8.29.